The van der Waals surface area contributed by atoms with E-state index in [0.29, 0.717) is 50.0 Å². The van der Waals surface area contributed by atoms with Crippen molar-refractivity contribution in [3.63, 3.8) is 0 Å². The standard InChI is InChI=1S/C32H40N4O5/c1-23(2)19-30(37)36-12-11-24-9-10-26(20-27(24)31(36)25-7-5-4-6-8-25)40-22-29-33-28(21-41-29)32(38)35-15-13-34(14-16-35)17-18-39-3/h4-10,20-21,23,31H,11-19,22H2,1-3H3. The predicted octanol–water partition coefficient (Wildman–Crippen LogP) is 4.18. The number of fused-ring (bicyclic) bond motifs is 1. The molecule has 5 rings (SSSR count). The monoisotopic (exact) mass is 560 g/mol. The number of benzene rings is 2. The normalized spacial score (nSPS) is 17.5. The molecule has 1 unspecified atom stereocenters. The summed E-state index contributed by atoms with van der Waals surface area (Å²) in [6.07, 6.45) is 2.73. The smallest absolute Gasteiger partial charge is 0.275 e. The minimum absolute atomic E-state index is 0.100. The van der Waals surface area contributed by atoms with Crippen LogP contribution in [0.1, 0.15) is 59.4 Å². The van der Waals surface area contributed by atoms with Crippen molar-refractivity contribution in [1.82, 2.24) is 19.7 Å². The van der Waals surface area contributed by atoms with E-state index >= 15 is 0 Å². The molecule has 2 aliphatic rings. The van der Waals surface area contributed by atoms with Gasteiger partial charge in [-0.15, -0.1) is 0 Å². The largest absolute Gasteiger partial charge is 0.484 e. The van der Waals surface area contributed by atoms with Crippen molar-refractivity contribution < 1.29 is 23.5 Å². The van der Waals surface area contributed by atoms with Gasteiger partial charge in [-0.25, -0.2) is 4.98 Å². The van der Waals surface area contributed by atoms with Gasteiger partial charge in [0.1, 0.15) is 12.0 Å². The number of rotatable bonds is 10. The summed E-state index contributed by atoms with van der Waals surface area (Å²) in [4.78, 5) is 36.8. The highest BCUT2D eigenvalue weighted by molar-refractivity contribution is 5.92. The van der Waals surface area contributed by atoms with E-state index in [2.05, 4.69) is 41.9 Å². The third kappa shape index (κ3) is 6.97. The van der Waals surface area contributed by atoms with Crippen LogP contribution in [0.15, 0.2) is 59.2 Å². The first-order valence-electron chi connectivity index (χ1n) is 14.5. The number of methoxy groups -OCH3 is 1. The maximum absolute atomic E-state index is 13.3. The van der Waals surface area contributed by atoms with E-state index in [4.69, 9.17) is 13.9 Å². The van der Waals surface area contributed by atoms with Gasteiger partial charge in [-0.2, -0.15) is 0 Å². The molecule has 0 aliphatic carbocycles. The summed E-state index contributed by atoms with van der Waals surface area (Å²) in [7, 11) is 1.70. The first-order valence-corrected chi connectivity index (χ1v) is 14.5. The lowest BCUT2D eigenvalue weighted by molar-refractivity contribution is -0.134. The predicted molar refractivity (Wildman–Crippen MR) is 155 cm³/mol. The Morgan fingerprint density at radius 1 is 1.05 bits per heavy atom. The van der Waals surface area contributed by atoms with Gasteiger partial charge < -0.3 is 23.7 Å². The van der Waals surface area contributed by atoms with E-state index in [9.17, 15) is 9.59 Å². The Morgan fingerprint density at radius 2 is 1.83 bits per heavy atom. The van der Waals surface area contributed by atoms with E-state index in [1.54, 1.807) is 7.11 Å². The van der Waals surface area contributed by atoms with E-state index in [0.717, 1.165) is 37.2 Å². The molecule has 0 spiro atoms. The highest BCUT2D eigenvalue weighted by Gasteiger charge is 2.32. The van der Waals surface area contributed by atoms with Gasteiger partial charge in [0.05, 0.1) is 12.6 Å². The molecule has 1 fully saturated rings. The minimum atomic E-state index is -0.171. The molecule has 3 heterocycles. The topological polar surface area (TPSA) is 88.4 Å². The zero-order valence-corrected chi connectivity index (χ0v) is 24.3. The van der Waals surface area contributed by atoms with Crippen LogP contribution in [-0.4, -0.2) is 84.5 Å². The molecule has 2 amide bonds. The highest BCUT2D eigenvalue weighted by Crippen LogP contribution is 2.38. The fourth-order valence-electron chi connectivity index (χ4n) is 5.59. The number of hydrogen-bond donors (Lipinski definition) is 0. The molecule has 1 aromatic heterocycles. The minimum Gasteiger partial charge on any atom is -0.484 e. The number of ether oxygens (including phenoxy) is 2. The molecule has 2 aliphatic heterocycles. The van der Waals surface area contributed by atoms with E-state index in [1.165, 1.54) is 11.8 Å². The van der Waals surface area contributed by atoms with E-state index < -0.39 is 0 Å². The van der Waals surface area contributed by atoms with Crippen molar-refractivity contribution >= 4 is 11.8 Å². The van der Waals surface area contributed by atoms with Gasteiger partial charge in [0.2, 0.25) is 11.8 Å². The van der Waals surface area contributed by atoms with Gasteiger partial charge in [-0.1, -0.05) is 50.2 Å². The summed E-state index contributed by atoms with van der Waals surface area (Å²) in [5.41, 5.74) is 3.66. The lowest BCUT2D eigenvalue weighted by Crippen LogP contribution is -2.49. The van der Waals surface area contributed by atoms with Crippen LogP contribution in [0.5, 0.6) is 5.75 Å². The zero-order chi connectivity index (χ0) is 28.8. The van der Waals surface area contributed by atoms with Crippen LogP contribution in [0.25, 0.3) is 0 Å². The van der Waals surface area contributed by atoms with E-state index in [-0.39, 0.29) is 30.4 Å². The van der Waals surface area contributed by atoms with Gasteiger partial charge >= 0.3 is 0 Å². The maximum atomic E-state index is 13.3. The Kier molecular flexibility index (Phi) is 9.36. The molecule has 0 radical (unpaired) electrons. The second-order valence-corrected chi connectivity index (χ2v) is 11.2. The van der Waals surface area contributed by atoms with Crippen LogP contribution in [-0.2, 0) is 22.6 Å². The number of hydrogen-bond acceptors (Lipinski definition) is 7. The Bertz CT molecular complexity index is 1320. The van der Waals surface area contributed by atoms with Gasteiger partial charge in [0, 0.05) is 52.8 Å². The van der Waals surface area contributed by atoms with Crippen LogP contribution >= 0.6 is 0 Å². The zero-order valence-electron chi connectivity index (χ0n) is 24.3. The van der Waals surface area contributed by atoms with Gasteiger partial charge in [0.15, 0.2) is 12.3 Å². The van der Waals surface area contributed by atoms with Crippen molar-refractivity contribution in [3.05, 3.63) is 83.1 Å². The summed E-state index contributed by atoms with van der Waals surface area (Å²) in [5.74, 6) is 1.34. The first kappa shape index (κ1) is 28.8. The molecule has 41 heavy (non-hydrogen) atoms. The average molecular weight is 561 g/mol. The molecule has 2 aromatic carbocycles. The number of piperazine rings is 1. The molecule has 9 heteroatoms. The number of carbonyl (C=O) groups is 2. The Balaban J connectivity index is 1.26. The number of oxazole rings is 1. The van der Waals surface area contributed by atoms with Crippen molar-refractivity contribution in [1.29, 1.82) is 0 Å². The Morgan fingerprint density at radius 3 is 2.56 bits per heavy atom. The molecular formula is C32H40N4O5. The molecular weight excluding hydrogens is 520 g/mol. The molecule has 0 N–H and O–H groups in total. The SMILES string of the molecule is COCCN1CCN(C(=O)c2coc(COc3ccc4c(c3)C(c3ccccc3)N(C(=O)CC(C)C)CC4)n2)CC1. The lowest BCUT2D eigenvalue weighted by Gasteiger charge is -2.38. The van der Waals surface area contributed by atoms with Crippen LogP contribution in [0.3, 0.4) is 0 Å². The molecule has 0 saturated carbocycles. The molecule has 1 atom stereocenters. The molecule has 9 nitrogen and oxygen atoms in total. The lowest BCUT2D eigenvalue weighted by atomic mass is 9.87. The Hall–Kier alpha value is -3.69. The number of aromatic nitrogens is 1. The summed E-state index contributed by atoms with van der Waals surface area (Å²) in [6.45, 7) is 9.41. The van der Waals surface area contributed by atoms with Gasteiger partial charge in [0.25, 0.3) is 5.91 Å². The van der Waals surface area contributed by atoms with Crippen molar-refractivity contribution in [2.24, 2.45) is 5.92 Å². The molecule has 218 valence electrons. The fraction of sp³-hybridized carbons (Fsp3) is 0.469. The van der Waals surface area contributed by atoms with Crippen molar-refractivity contribution in [2.45, 2.75) is 39.3 Å². The second-order valence-electron chi connectivity index (χ2n) is 11.2. The average Bonchev–Trinajstić information content (AvgIpc) is 3.47. The quantitative estimate of drug-likeness (QED) is 0.368. The maximum Gasteiger partial charge on any atom is 0.275 e. The number of amides is 2. The molecule has 1 saturated heterocycles. The molecule has 0 bridgehead atoms. The summed E-state index contributed by atoms with van der Waals surface area (Å²) in [5, 5.41) is 0. The summed E-state index contributed by atoms with van der Waals surface area (Å²) in [6, 6.07) is 16.1. The third-order valence-corrected chi connectivity index (χ3v) is 7.77. The summed E-state index contributed by atoms with van der Waals surface area (Å²) >= 11 is 0. The fourth-order valence-corrected chi connectivity index (χ4v) is 5.59. The van der Waals surface area contributed by atoms with Crippen LogP contribution in [0, 0.1) is 5.92 Å². The van der Waals surface area contributed by atoms with Gasteiger partial charge in [-0.05, 0) is 41.2 Å². The Labute approximate surface area is 242 Å². The van der Waals surface area contributed by atoms with Crippen molar-refractivity contribution in [3.8, 4) is 5.75 Å². The van der Waals surface area contributed by atoms with Crippen LogP contribution in [0.2, 0.25) is 0 Å². The van der Waals surface area contributed by atoms with E-state index in [1.807, 2.05) is 40.1 Å². The summed E-state index contributed by atoms with van der Waals surface area (Å²) < 4.78 is 16.8. The third-order valence-electron chi connectivity index (χ3n) is 7.77. The highest BCUT2D eigenvalue weighted by atomic mass is 16.5. The first-order chi connectivity index (χ1) is 19.9. The number of nitrogens with zero attached hydrogens (tertiary/aromatic N) is 4. The second kappa shape index (κ2) is 13.3. The van der Waals surface area contributed by atoms with Crippen molar-refractivity contribution in [2.75, 3.05) is 53.0 Å². The molecule has 3 aromatic rings. The number of carbonyl (C=O) groups excluding carboxylic acids is 2. The van der Waals surface area contributed by atoms with Crippen LogP contribution < -0.4 is 4.74 Å². The van der Waals surface area contributed by atoms with Gasteiger partial charge in [-0.3, -0.25) is 14.5 Å². The van der Waals surface area contributed by atoms with Crippen LogP contribution in [0.4, 0.5) is 0 Å².